The third kappa shape index (κ3) is 5.63. The molecule has 3 aromatic carbocycles. The van der Waals surface area contributed by atoms with Crippen molar-refractivity contribution in [3.05, 3.63) is 95.4 Å². The second-order valence-corrected chi connectivity index (χ2v) is 9.13. The third-order valence-electron chi connectivity index (χ3n) is 4.68. The van der Waals surface area contributed by atoms with Gasteiger partial charge in [-0.2, -0.15) is 0 Å². The molecule has 0 aliphatic carbocycles. The Balaban J connectivity index is 1.35. The Labute approximate surface area is 194 Å². The number of anilines is 2. The summed E-state index contributed by atoms with van der Waals surface area (Å²) in [6, 6.07) is 24.5. The quantitative estimate of drug-likeness (QED) is 0.328. The molecule has 0 unspecified atom stereocenters. The Morgan fingerprint density at radius 1 is 0.938 bits per heavy atom. The van der Waals surface area contributed by atoms with Crippen molar-refractivity contribution in [2.75, 3.05) is 16.4 Å². The average Bonchev–Trinajstić information content (AvgIpc) is 3.30. The van der Waals surface area contributed by atoms with Crippen LogP contribution in [0.1, 0.15) is 15.9 Å². The lowest BCUT2D eigenvalue weighted by Gasteiger charge is -2.11. The molecular weight excluding hydrogens is 438 g/mol. The van der Waals surface area contributed by atoms with Gasteiger partial charge in [-0.3, -0.25) is 9.59 Å². The van der Waals surface area contributed by atoms with Gasteiger partial charge in [0, 0.05) is 27.9 Å². The zero-order valence-corrected chi connectivity index (χ0v) is 19.0. The van der Waals surface area contributed by atoms with E-state index in [0.29, 0.717) is 16.9 Å². The second-order valence-electron chi connectivity index (χ2n) is 7.05. The van der Waals surface area contributed by atoms with E-state index < -0.39 is 0 Å². The first kappa shape index (κ1) is 21.8. The zero-order chi connectivity index (χ0) is 22.3. The molecule has 160 valence electrons. The van der Waals surface area contributed by atoms with Crippen LogP contribution in [-0.4, -0.2) is 22.6 Å². The number of amides is 2. The molecule has 4 rings (SSSR count). The Bertz CT molecular complexity index is 1220. The predicted octanol–water partition coefficient (Wildman–Crippen LogP) is 6.10. The topological polar surface area (TPSA) is 71.1 Å². The number of hydrogen-bond acceptors (Lipinski definition) is 5. The van der Waals surface area contributed by atoms with Crippen LogP contribution in [0.4, 0.5) is 11.4 Å². The second kappa shape index (κ2) is 10.3. The molecule has 1 aromatic heterocycles. The number of carbonyl (C=O) groups is 2. The maximum Gasteiger partial charge on any atom is 0.255 e. The van der Waals surface area contributed by atoms with Crippen molar-refractivity contribution in [3.8, 4) is 11.3 Å². The summed E-state index contributed by atoms with van der Waals surface area (Å²) in [5.74, 6) is -0.0669. The maximum atomic E-state index is 12.5. The van der Waals surface area contributed by atoms with E-state index in [1.807, 2.05) is 73.0 Å². The average molecular weight is 460 g/mol. The summed E-state index contributed by atoms with van der Waals surface area (Å²) in [5.41, 5.74) is 4.76. The molecule has 32 heavy (non-hydrogen) atoms. The van der Waals surface area contributed by atoms with E-state index in [-0.39, 0.29) is 17.6 Å². The highest BCUT2D eigenvalue weighted by atomic mass is 32.2. The normalized spacial score (nSPS) is 10.5. The number of thioether (sulfide) groups is 1. The van der Waals surface area contributed by atoms with Crippen LogP contribution in [0.5, 0.6) is 0 Å². The van der Waals surface area contributed by atoms with Gasteiger partial charge in [-0.25, -0.2) is 4.98 Å². The monoisotopic (exact) mass is 459 g/mol. The summed E-state index contributed by atoms with van der Waals surface area (Å²) in [6.07, 6.45) is 0. The van der Waals surface area contributed by atoms with Crippen LogP contribution in [-0.2, 0) is 4.79 Å². The fourth-order valence-corrected chi connectivity index (χ4v) is 4.64. The summed E-state index contributed by atoms with van der Waals surface area (Å²) in [4.78, 5) is 29.5. The highest BCUT2D eigenvalue weighted by molar-refractivity contribution is 8.01. The Hall–Kier alpha value is -3.42. The first-order valence-electron chi connectivity index (χ1n) is 9.99. The highest BCUT2D eigenvalue weighted by Gasteiger charge is 2.11. The SMILES string of the molecule is Cc1ccc(NC(=O)CSc2nc(-c3ccccc3)cs2)cc1NC(=O)c1ccccc1. The van der Waals surface area contributed by atoms with Gasteiger partial charge in [-0.05, 0) is 36.8 Å². The maximum absolute atomic E-state index is 12.5. The highest BCUT2D eigenvalue weighted by Crippen LogP contribution is 2.28. The summed E-state index contributed by atoms with van der Waals surface area (Å²) in [5, 5.41) is 7.81. The van der Waals surface area contributed by atoms with E-state index in [9.17, 15) is 9.59 Å². The minimum Gasteiger partial charge on any atom is -0.325 e. The molecule has 5 nitrogen and oxygen atoms in total. The van der Waals surface area contributed by atoms with Crippen molar-refractivity contribution in [1.29, 1.82) is 0 Å². The van der Waals surface area contributed by atoms with Gasteiger partial charge < -0.3 is 10.6 Å². The van der Waals surface area contributed by atoms with Crippen LogP contribution in [0.25, 0.3) is 11.3 Å². The van der Waals surface area contributed by atoms with Gasteiger partial charge in [-0.1, -0.05) is 66.4 Å². The number of carbonyl (C=O) groups excluding carboxylic acids is 2. The van der Waals surface area contributed by atoms with Gasteiger partial charge in [0.15, 0.2) is 4.34 Å². The van der Waals surface area contributed by atoms with Crippen LogP contribution < -0.4 is 10.6 Å². The van der Waals surface area contributed by atoms with Crippen molar-refractivity contribution in [1.82, 2.24) is 4.98 Å². The molecule has 0 saturated carbocycles. The summed E-state index contributed by atoms with van der Waals surface area (Å²) in [6.45, 7) is 1.91. The number of benzene rings is 3. The van der Waals surface area contributed by atoms with E-state index in [0.717, 1.165) is 21.2 Å². The molecule has 0 aliphatic rings. The minimum atomic E-state index is -0.189. The van der Waals surface area contributed by atoms with E-state index in [1.54, 1.807) is 18.2 Å². The molecule has 2 amide bonds. The molecule has 0 radical (unpaired) electrons. The van der Waals surface area contributed by atoms with Gasteiger partial charge in [0.25, 0.3) is 5.91 Å². The lowest BCUT2D eigenvalue weighted by Crippen LogP contribution is -2.15. The summed E-state index contributed by atoms with van der Waals surface area (Å²) < 4.78 is 0.846. The van der Waals surface area contributed by atoms with E-state index in [4.69, 9.17) is 0 Å². The Kier molecular flexibility index (Phi) is 6.99. The van der Waals surface area contributed by atoms with E-state index in [2.05, 4.69) is 15.6 Å². The van der Waals surface area contributed by atoms with Crippen molar-refractivity contribution in [3.63, 3.8) is 0 Å². The number of nitrogens with zero attached hydrogens (tertiary/aromatic N) is 1. The van der Waals surface area contributed by atoms with Gasteiger partial charge in [0.05, 0.1) is 11.4 Å². The minimum absolute atomic E-state index is 0.129. The van der Waals surface area contributed by atoms with Crippen molar-refractivity contribution >= 4 is 46.3 Å². The molecule has 0 saturated heterocycles. The van der Waals surface area contributed by atoms with Crippen LogP contribution in [0.3, 0.4) is 0 Å². The number of thiazole rings is 1. The van der Waals surface area contributed by atoms with Gasteiger partial charge in [0.1, 0.15) is 0 Å². The molecule has 0 fully saturated rings. The Morgan fingerprint density at radius 2 is 1.66 bits per heavy atom. The molecular formula is C25H21N3O2S2. The van der Waals surface area contributed by atoms with Crippen molar-refractivity contribution < 1.29 is 9.59 Å². The fraction of sp³-hybridized carbons (Fsp3) is 0.0800. The van der Waals surface area contributed by atoms with E-state index in [1.165, 1.54) is 23.1 Å². The van der Waals surface area contributed by atoms with Crippen LogP contribution in [0, 0.1) is 6.92 Å². The van der Waals surface area contributed by atoms with E-state index >= 15 is 0 Å². The first-order valence-corrected chi connectivity index (χ1v) is 11.9. The molecule has 1 heterocycles. The largest absolute Gasteiger partial charge is 0.325 e. The smallest absolute Gasteiger partial charge is 0.255 e. The number of hydrogen-bond donors (Lipinski definition) is 2. The molecule has 4 aromatic rings. The summed E-state index contributed by atoms with van der Waals surface area (Å²) in [7, 11) is 0. The molecule has 0 spiro atoms. The Morgan fingerprint density at radius 3 is 2.41 bits per heavy atom. The van der Waals surface area contributed by atoms with Crippen LogP contribution in [0.15, 0.2) is 88.6 Å². The number of aromatic nitrogens is 1. The lowest BCUT2D eigenvalue weighted by atomic mass is 10.1. The molecule has 0 atom stereocenters. The van der Waals surface area contributed by atoms with Crippen molar-refractivity contribution in [2.24, 2.45) is 0 Å². The fourth-order valence-electron chi connectivity index (χ4n) is 3.01. The summed E-state index contributed by atoms with van der Waals surface area (Å²) >= 11 is 2.93. The zero-order valence-electron chi connectivity index (χ0n) is 17.4. The molecule has 0 aliphatic heterocycles. The first-order chi connectivity index (χ1) is 15.6. The molecule has 2 N–H and O–H groups in total. The standard InChI is InChI=1S/C25H21N3O2S2/c1-17-12-13-20(14-21(17)27-24(30)19-10-6-3-7-11-19)26-23(29)16-32-25-28-22(15-31-25)18-8-4-2-5-9-18/h2-15H,16H2,1H3,(H,26,29)(H,27,30). The van der Waals surface area contributed by atoms with Crippen molar-refractivity contribution in [2.45, 2.75) is 11.3 Å². The van der Waals surface area contributed by atoms with Crippen LogP contribution >= 0.6 is 23.1 Å². The van der Waals surface area contributed by atoms with Gasteiger partial charge in [-0.15, -0.1) is 11.3 Å². The number of nitrogens with one attached hydrogen (secondary N) is 2. The van der Waals surface area contributed by atoms with Gasteiger partial charge in [0.2, 0.25) is 5.91 Å². The van der Waals surface area contributed by atoms with Crippen LogP contribution in [0.2, 0.25) is 0 Å². The van der Waals surface area contributed by atoms with Gasteiger partial charge >= 0.3 is 0 Å². The molecule has 0 bridgehead atoms. The lowest BCUT2D eigenvalue weighted by molar-refractivity contribution is -0.113. The number of aryl methyl sites for hydroxylation is 1. The molecule has 7 heteroatoms. The predicted molar refractivity (Wildman–Crippen MR) is 132 cm³/mol. The third-order valence-corrected chi connectivity index (χ3v) is 6.71. The number of rotatable bonds is 7.